The molecule has 1 heterocycles. The van der Waals surface area contributed by atoms with E-state index < -0.39 is 28.6 Å². The van der Waals surface area contributed by atoms with Crippen LogP contribution in [0.2, 0.25) is 5.02 Å². The van der Waals surface area contributed by atoms with Crippen molar-refractivity contribution in [3.05, 3.63) is 64.7 Å². The molecule has 146 valence electrons. The lowest BCUT2D eigenvalue weighted by Crippen LogP contribution is -2.21. The van der Waals surface area contributed by atoms with E-state index in [0.29, 0.717) is 5.56 Å². The molecule has 3 rings (SSSR count). The maximum atomic E-state index is 13.3. The highest BCUT2D eigenvalue weighted by Crippen LogP contribution is 2.39. The number of nitrogens with one attached hydrogen (secondary N) is 2. The first-order valence-electron chi connectivity index (χ1n) is 7.81. The van der Waals surface area contributed by atoms with Crippen LogP contribution in [0.5, 0.6) is 0 Å². The van der Waals surface area contributed by atoms with Crippen LogP contribution in [-0.2, 0) is 11.0 Å². The number of nitrogens with zero attached hydrogens (tertiary/aromatic N) is 2. The Kier molecular flexibility index (Phi) is 5.80. The third-order valence-corrected chi connectivity index (χ3v) is 4.94. The molecule has 1 aromatic heterocycles. The Labute approximate surface area is 166 Å². The predicted octanol–water partition coefficient (Wildman–Crippen LogP) is 4.53. The minimum Gasteiger partial charge on any atom is -0.368 e. The van der Waals surface area contributed by atoms with E-state index in [1.54, 1.807) is 30.3 Å². The third kappa shape index (κ3) is 4.76. The zero-order valence-corrected chi connectivity index (χ0v) is 15.6. The highest BCUT2D eigenvalue weighted by Gasteiger charge is 2.35. The van der Waals surface area contributed by atoms with Gasteiger partial charge in [0.1, 0.15) is 5.25 Å². The van der Waals surface area contributed by atoms with Crippen molar-refractivity contribution >= 4 is 40.9 Å². The Balaban J connectivity index is 1.92. The van der Waals surface area contributed by atoms with Crippen LogP contribution < -0.4 is 11.1 Å². The topological polar surface area (TPSA) is 96.7 Å². The maximum Gasteiger partial charge on any atom is 0.418 e. The molecule has 1 atom stereocenters. The summed E-state index contributed by atoms with van der Waals surface area (Å²) in [6.45, 7) is 0. The number of carbonyl (C=O) groups excluding carboxylic acids is 1. The minimum atomic E-state index is -4.68. The Morgan fingerprint density at radius 1 is 1.21 bits per heavy atom. The molecule has 0 aliphatic heterocycles. The second-order valence-corrected chi connectivity index (χ2v) is 7.10. The fourth-order valence-electron chi connectivity index (χ4n) is 2.38. The number of thioether (sulfide) groups is 1. The molecule has 0 saturated carbocycles. The van der Waals surface area contributed by atoms with Crippen LogP contribution in [0.3, 0.4) is 0 Å². The highest BCUT2D eigenvalue weighted by molar-refractivity contribution is 8.00. The van der Waals surface area contributed by atoms with E-state index >= 15 is 0 Å². The van der Waals surface area contributed by atoms with Crippen LogP contribution in [0.25, 0.3) is 0 Å². The quantitative estimate of drug-likeness (QED) is 0.520. The van der Waals surface area contributed by atoms with Crippen molar-refractivity contribution in [1.82, 2.24) is 15.2 Å². The zero-order valence-electron chi connectivity index (χ0n) is 14.0. The SMILES string of the molecule is Nc1nc(S[C@@H](C(=O)Nc2ccc(Cl)cc2C(F)(F)F)c2ccccc2)n[nH]1. The number of amides is 1. The molecule has 2 aromatic carbocycles. The summed E-state index contributed by atoms with van der Waals surface area (Å²) in [5.41, 5.74) is 4.63. The number of aromatic amines is 1. The van der Waals surface area contributed by atoms with E-state index in [2.05, 4.69) is 20.5 Å². The summed E-state index contributed by atoms with van der Waals surface area (Å²) in [6.07, 6.45) is -4.68. The summed E-state index contributed by atoms with van der Waals surface area (Å²) in [4.78, 5) is 16.8. The van der Waals surface area contributed by atoms with Crippen LogP contribution in [0.15, 0.2) is 53.7 Å². The number of halogens is 4. The molecule has 0 fully saturated rings. The summed E-state index contributed by atoms with van der Waals surface area (Å²) in [6, 6.07) is 11.7. The van der Waals surface area contributed by atoms with Gasteiger partial charge in [-0.1, -0.05) is 53.7 Å². The number of nitrogens with two attached hydrogens (primary N) is 1. The molecular formula is C17H13ClF3N5OS. The minimum absolute atomic E-state index is 0.0618. The Bertz CT molecular complexity index is 980. The van der Waals surface area contributed by atoms with Crippen molar-refractivity contribution in [3.63, 3.8) is 0 Å². The number of alkyl halides is 3. The van der Waals surface area contributed by atoms with Gasteiger partial charge in [0.25, 0.3) is 0 Å². The van der Waals surface area contributed by atoms with E-state index in [1.165, 1.54) is 6.07 Å². The first-order chi connectivity index (χ1) is 13.2. The fourth-order valence-corrected chi connectivity index (χ4v) is 3.47. The van der Waals surface area contributed by atoms with Crippen LogP contribution in [-0.4, -0.2) is 21.1 Å². The Morgan fingerprint density at radius 3 is 2.54 bits per heavy atom. The van der Waals surface area contributed by atoms with Crippen molar-refractivity contribution in [2.45, 2.75) is 16.6 Å². The van der Waals surface area contributed by atoms with Gasteiger partial charge in [-0.05, 0) is 23.8 Å². The number of benzene rings is 2. The average Bonchev–Trinajstić information content (AvgIpc) is 3.06. The van der Waals surface area contributed by atoms with Gasteiger partial charge in [0.05, 0.1) is 11.3 Å². The number of hydrogen-bond acceptors (Lipinski definition) is 5. The van der Waals surface area contributed by atoms with Crippen molar-refractivity contribution in [2.75, 3.05) is 11.1 Å². The fraction of sp³-hybridized carbons (Fsp3) is 0.118. The molecule has 11 heteroatoms. The number of hydrogen-bond donors (Lipinski definition) is 3. The van der Waals surface area contributed by atoms with E-state index in [9.17, 15) is 18.0 Å². The van der Waals surface area contributed by atoms with E-state index in [0.717, 1.165) is 23.9 Å². The zero-order chi connectivity index (χ0) is 20.3. The summed E-state index contributed by atoms with van der Waals surface area (Å²) in [5.74, 6) is -0.612. The predicted molar refractivity (Wildman–Crippen MR) is 101 cm³/mol. The Hall–Kier alpha value is -2.72. The second-order valence-electron chi connectivity index (χ2n) is 5.59. The van der Waals surface area contributed by atoms with Gasteiger partial charge in [-0.2, -0.15) is 18.2 Å². The molecule has 0 aliphatic rings. The Morgan fingerprint density at radius 2 is 1.93 bits per heavy atom. The number of aromatic nitrogens is 3. The molecule has 4 N–H and O–H groups in total. The molecule has 0 unspecified atom stereocenters. The van der Waals surface area contributed by atoms with Crippen molar-refractivity contribution in [3.8, 4) is 0 Å². The summed E-state index contributed by atoms with van der Waals surface area (Å²) in [5, 5.41) is 7.84. The van der Waals surface area contributed by atoms with Gasteiger partial charge in [0.15, 0.2) is 0 Å². The standard InChI is InChI=1S/C17H13ClF3N5OS/c18-10-6-7-12(11(8-10)17(19,20)21)23-14(27)13(9-4-2-1-3-5-9)28-16-24-15(22)25-26-16/h1-8,13H,(H,23,27)(H3,22,24,25,26)/t13-/m1/s1. The summed E-state index contributed by atoms with van der Waals surface area (Å²) in [7, 11) is 0. The van der Waals surface area contributed by atoms with Crippen molar-refractivity contribution < 1.29 is 18.0 Å². The lowest BCUT2D eigenvalue weighted by molar-refractivity contribution is -0.137. The molecule has 0 bridgehead atoms. The number of H-pyrrole nitrogens is 1. The smallest absolute Gasteiger partial charge is 0.368 e. The maximum absolute atomic E-state index is 13.3. The van der Waals surface area contributed by atoms with E-state index in [1.807, 2.05) is 0 Å². The normalized spacial score (nSPS) is 12.6. The van der Waals surface area contributed by atoms with Crippen LogP contribution in [0, 0.1) is 0 Å². The molecule has 0 aliphatic carbocycles. The van der Waals surface area contributed by atoms with Gasteiger partial charge in [-0.3, -0.25) is 4.79 Å². The summed E-state index contributed by atoms with van der Waals surface area (Å²) < 4.78 is 39.9. The molecule has 3 aromatic rings. The van der Waals surface area contributed by atoms with Gasteiger partial charge in [-0.15, -0.1) is 5.10 Å². The summed E-state index contributed by atoms with van der Waals surface area (Å²) >= 11 is 6.63. The molecule has 1 amide bonds. The van der Waals surface area contributed by atoms with E-state index in [4.69, 9.17) is 17.3 Å². The number of anilines is 2. The first kappa shape index (κ1) is 20.0. The molecule has 28 heavy (non-hydrogen) atoms. The third-order valence-electron chi connectivity index (χ3n) is 3.59. The van der Waals surface area contributed by atoms with Crippen LogP contribution in [0.1, 0.15) is 16.4 Å². The first-order valence-corrected chi connectivity index (χ1v) is 9.07. The number of carbonyl (C=O) groups is 1. The van der Waals surface area contributed by atoms with Gasteiger partial charge in [0.2, 0.25) is 17.0 Å². The van der Waals surface area contributed by atoms with E-state index in [-0.39, 0.29) is 16.1 Å². The van der Waals surface area contributed by atoms with Gasteiger partial charge < -0.3 is 11.1 Å². The van der Waals surface area contributed by atoms with Crippen LogP contribution >= 0.6 is 23.4 Å². The lowest BCUT2D eigenvalue weighted by atomic mass is 10.1. The molecule has 6 nitrogen and oxygen atoms in total. The molecular weight excluding hydrogens is 415 g/mol. The number of nitrogen functional groups attached to an aromatic ring is 1. The molecule has 0 saturated heterocycles. The van der Waals surface area contributed by atoms with Gasteiger partial charge in [-0.25, -0.2) is 5.10 Å². The van der Waals surface area contributed by atoms with Gasteiger partial charge in [0, 0.05) is 5.02 Å². The van der Waals surface area contributed by atoms with Crippen molar-refractivity contribution in [1.29, 1.82) is 0 Å². The lowest BCUT2D eigenvalue weighted by Gasteiger charge is -2.18. The van der Waals surface area contributed by atoms with Crippen molar-refractivity contribution in [2.24, 2.45) is 0 Å². The van der Waals surface area contributed by atoms with Crippen LogP contribution in [0.4, 0.5) is 24.8 Å². The molecule has 0 spiro atoms. The largest absolute Gasteiger partial charge is 0.418 e. The second kappa shape index (κ2) is 8.11. The number of rotatable bonds is 5. The molecule has 0 radical (unpaired) electrons. The average molecular weight is 428 g/mol. The van der Waals surface area contributed by atoms with Gasteiger partial charge >= 0.3 is 6.18 Å². The highest BCUT2D eigenvalue weighted by atomic mass is 35.5. The monoisotopic (exact) mass is 427 g/mol.